The number of hydrogen-bond acceptors (Lipinski definition) is 3. The zero-order valence-corrected chi connectivity index (χ0v) is 9.48. The summed E-state index contributed by atoms with van der Waals surface area (Å²) in [4.78, 5) is 11.4. The number of aromatic hydroxyl groups is 2. The average Bonchev–Trinajstić information content (AvgIpc) is 2.12. The van der Waals surface area contributed by atoms with Gasteiger partial charge in [0.1, 0.15) is 11.5 Å². The first-order valence-corrected chi connectivity index (χ1v) is 5.53. The molecule has 0 saturated heterocycles. The van der Waals surface area contributed by atoms with Crippen LogP contribution in [0.3, 0.4) is 0 Å². The molecule has 0 radical (unpaired) electrons. The Morgan fingerprint density at radius 1 is 1.29 bits per heavy atom. The molecule has 0 atom stereocenters. The van der Waals surface area contributed by atoms with Crippen LogP contribution in [-0.4, -0.2) is 27.1 Å². The molecule has 0 fully saturated rings. The Labute approximate surface area is 95.1 Å². The number of phenolic OH excluding ortho intramolecular Hbond substituents is 2. The Bertz CT molecular complexity index is 321. The number of rotatable bonds is 3. The Balaban J connectivity index is 2.79. The lowest BCUT2D eigenvalue weighted by Crippen LogP contribution is -2.24. The van der Waals surface area contributed by atoms with E-state index in [0.29, 0.717) is 6.54 Å². The van der Waals surface area contributed by atoms with Gasteiger partial charge >= 0.3 is 0 Å². The molecule has 14 heavy (non-hydrogen) atoms. The van der Waals surface area contributed by atoms with E-state index in [9.17, 15) is 4.79 Å². The highest BCUT2D eigenvalue weighted by molar-refractivity contribution is 14.1. The van der Waals surface area contributed by atoms with Crippen molar-refractivity contribution in [1.82, 2.24) is 5.32 Å². The van der Waals surface area contributed by atoms with Crippen molar-refractivity contribution in [2.24, 2.45) is 0 Å². The minimum atomic E-state index is -0.298. The SMILES string of the molecule is O=C(NCCI)c1cc(O)cc(O)c1. The summed E-state index contributed by atoms with van der Waals surface area (Å²) >= 11 is 2.14. The highest BCUT2D eigenvalue weighted by Crippen LogP contribution is 2.20. The summed E-state index contributed by atoms with van der Waals surface area (Å²) in [5, 5.41) is 20.9. The molecule has 0 aromatic heterocycles. The van der Waals surface area contributed by atoms with Crippen LogP contribution >= 0.6 is 22.6 Å². The summed E-state index contributed by atoms with van der Waals surface area (Å²) in [6.45, 7) is 0.565. The number of benzene rings is 1. The van der Waals surface area contributed by atoms with Crippen LogP contribution in [0, 0.1) is 0 Å². The van der Waals surface area contributed by atoms with Crippen molar-refractivity contribution in [2.75, 3.05) is 11.0 Å². The van der Waals surface area contributed by atoms with Crippen LogP contribution in [0.2, 0.25) is 0 Å². The van der Waals surface area contributed by atoms with Crippen molar-refractivity contribution in [3.05, 3.63) is 23.8 Å². The zero-order chi connectivity index (χ0) is 10.6. The molecule has 0 aliphatic carbocycles. The summed E-state index contributed by atoms with van der Waals surface area (Å²) in [5.74, 6) is -0.540. The summed E-state index contributed by atoms with van der Waals surface area (Å²) in [5.41, 5.74) is 0.257. The maximum atomic E-state index is 11.4. The van der Waals surface area contributed by atoms with Gasteiger partial charge in [0.15, 0.2) is 0 Å². The topological polar surface area (TPSA) is 69.6 Å². The van der Waals surface area contributed by atoms with Gasteiger partial charge in [0.05, 0.1) is 0 Å². The quantitative estimate of drug-likeness (QED) is 0.582. The second kappa shape index (κ2) is 5.04. The molecule has 0 unspecified atom stereocenters. The van der Waals surface area contributed by atoms with Gasteiger partial charge in [-0.15, -0.1) is 0 Å². The van der Waals surface area contributed by atoms with Gasteiger partial charge in [-0.25, -0.2) is 0 Å². The smallest absolute Gasteiger partial charge is 0.251 e. The van der Waals surface area contributed by atoms with E-state index in [-0.39, 0.29) is 23.0 Å². The van der Waals surface area contributed by atoms with Crippen molar-refractivity contribution in [1.29, 1.82) is 0 Å². The standard InChI is InChI=1S/C9H10INO3/c10-1-2-11-9(14)6-3-7(12)5-8(13)4-6/h3-5,12-13H,1-2H2,(H,11,14). The van der Waals surface area contributed by atoms with E-state index in [2.05, 4.69) is 27.9 Å². The molecule has 1 rings (SSSR count). The number of phenols is 2. The lowest BCUT2D eigenvalue weighted by molar-refractivity contribution is 0.0955. The molecule has 0 bridgehead atoms. The number of alkyl halides is 1. The Morgan fingerprint density at radius 3 is 2.36 bits per heavy atom. The number of halogens is 1. The molecule has 3 N–H and O–H groups in total. The van der Waals surface area contributed by atoms with Gasteiger partial charge < -0.3 is 15.5 Å². The normalized spacial score (nSPS) is 9.79. The third kappa shape index (κ3) is 3.06. The van der Waals surface area contributed by atoms with E-state index in [1.54, 1.807) is 0 Å². The summed E-state index contributed by atoms with van der Waals surface area (Å²) in [7, 11) is 0. The molecule has 0 spiro atoms. The van der Waals surface area contributed by atoms with Gasteiger partial charge in [-0.2, -0.15) is 0 Å². The predicted octanol–water partition coefficient (Wildman–Crippen LogP) is 1.26. The highest BCUT2D eigenvalue weighted by Gasteiger charge is 2.07. The second-order valence-electron chi connectivity index (χ2n) is 2.68. The van der Waals surface area contributed by atoms with E-state index in [0.717, 1.165) is 4.43 Å². The highest BCUT2D eigenvalue weighted by atomic mass is 127. The van der Waals surface area contributed by atoms with Crippen molar-refractivity contribution >= 4 is 28.5 Å². The largest absolute Gasteiger partial charge is 0.508 e. The second-order valence-corrected chi connectivity index (χ2v) is 3.76. The minimum Gasteiger partial charge on any atom is -0.508 e. The number of carbonyl (C=O) groups excluding carboxylic acids is 1. The molecule has 4 nitrogen and oxygen atoms in total. The van der Waals surface area contributed by atoms with E-state index in [4.69, 9.17) is 10.2 Å². The van der Waals surface area contributed by atoms with Gasteiger partial charge in [-0.1, -0.05) is 22.6 Å². The molecule has 76 valence electrons. The van der Waals surface area contributed by atoms with Crippen LogP contribution in [0.5, 0.6) is 11.5 Å². The fourth-order valence-corrected chi connectivity index (χ4v) is 1.26. The van der Waals surface area contributed by atoms with Gasteiger partial charge in [-0.3, -0.25) is 4.79 Å². The lowest BCUT2D eigenvalue weighted by Gasteiger charge is -2.04. The number of amides is 1. The number of hydrogen-bond donors (Lipinski definition) is 3. The Hall–Kier alpha value is -0.980. The average molecular weight is 307 g/mol. The molecular weight excluding hydrogens is 297 g/mol. The van der Waals surface area contributed by atoms with Crippen molar-refractivity contribution in [3.63, 3.8) is 0 Å². The third-order valence-electron chi connectivity index (χ3n) is 1.54. The minimum absolute atomic E-state index is 0.121. The van der Waals surface area contributed by atoms with Crippen LogP contribution in [-0.2, 0) is 0 Å². The molecule has 1 aromatic carbocycles. The first kappa shape index (κ1) is 11.1. The van der Waals surface area contributed by atoms with Crippen molar-refractivity contribution < 1.29 is 15.0 Å². The van der Waals surface area contributed by atoms with Crippen molar-refractivity contribution in [3.8, 4) is 11.5 Å². The van der Waals surface area contributed by atoms with E-state index in [1.165, 1.54) is 18.2 Å². The Kier molecular flexibility index (Phi) is 3.99. The summed E-state index contributed by atoms with van der Waals surface area (Å²) < 4.78 is 0.814. The molecule has 0 aliphatic rings. The predicted molar refractivity (Wildman–Crippen MR) is 61.0 cm³/mol. The van der Waals surface area contributed by atoms with E-state index >= 15 is 0 Å². The molecule has 5 heteroatoms. The lowest BCUT2D eigenvalue weighted by atomic mass is 10.2. The number of nitrogens with one attached hydrogen (secondary N) is 1. The van der Waals surface area contributed by atoms with Crippen LogP contribution in [0.15, 0.2) is 18.2 Å². The molecule has 0 saturated carbocycles. The summed E-state index contributed by atoms with van der Waals surface area (Å²) in [6, 6.07) is 3.79. The molecule has 0 heterocycles. The van der Waals surface area contributed by atoms with E-state index < -0.39 is 0 Å². The van der Waals surface area contributed by atoms with Crippen LogP contribution in [0.4, 0.5) is 0 Å². The van der Waals surface area contributed by atoms with Gasteiger partial charge in [-0.05, 0) is 12.1 Å². The zero-order valence-electron chi connectivity index (χ0n) is 7.33. The van der Waals surface area contributed by atoms with Crippen LogP contribution < -0.4 is 5.32 Å². The van der Waals surface area contributed by atoms with Crippen LogP contribution in [0.25, 0.3) is 0 Å². The van der Waals surface area contributed by atoms with Gasteiger partial charge in [0.25, 0.3) is 5.91 Å². The summed E-state index contributed by atoms with van der Waals surface area (Å²) in [6.07, 6.45) is 0. The molecule has 1 aromatic rings. The van der Waals surface area contributed by atoms with Gasteiger partial charge in [0.2, 0.25) is 0 Å². The first-order chi connectivity index (χ1) is 6.63. The number of carbonyl (C=O) groups is 1. The monoisotopic (exact) mass is 307 g/mol. The Morgan fingerprint density at radius 2 is 1.86 bits per heavy atom. The molecule has 0 aliphatic heterocycles. The first-order valence-electron chi connectivity index (χ1n) is 4.00. The maximum Gasteiger partial charge on any atom is 0.251 e. The van der Waals surface area contributed by atoms with E-state index in [1.807, 2.05) is 0 Å². The fourth-order valence-electron chi connectivity index (χ4n) is 0.989. The third-order valence-corrected chi connectivity index (χ3v) is 2.08. The molecule has 1 amide bonds. The van der Waals surface area contributed by atoms with Crippen LogP contribution in [0.1, 0.15) is 10.4 Å². The van der Waals surface area contributed by atoms with Gasteiger partial charge in [0, 0.05) is 22.6 Å². The maximum absolute atomic E-state index is 11.4. The van der Waals surface area contributed by atoms with Crippen molar-refractivity contribution in [2.45, 2.75) is 0 Å². The molecular formula is C9H10INO3. The fraction of sp³-hybridized carbons (Fsp3) is 0.222.